The molecule has 0 fully saturated rings. The van der Waals surface area contributed by atoms with Crippen LogP contribution >= 0.6 is 10.9 Å². The van der Waals surface area contributed by atoms with E-state index in [2.05, 4.69) is 0 Å². The van der Waals surface area contributed by atoms with Gasteiger partial charge in [-0.3, -0.25) is 4.55 Å². The molecule has 0 aliphatic heterocycles. The zero-order valence-corrected chi connectivity index (χ0v) is 12.2. The van der Waals surface area contributed by atoms with E-state index in [9.17, 15) is 32.3 Å². The molecule has 6 N–H and O–H groups in total. The molecule has 0 heterocycles. The Kier molecular flexibility index (Phi) is 3.56. The van der Waals surface area contributed by atoms with Gasteiger partial charge in [-0.25, -0.2) is 0 Å². The highest BCUT2D eigenvalue weighted by molar-refractivity contribution is 8.19. The zero-order valence-electron chi connectivity index (χ0n) is 10.5. The standard InChI is InChI=1S/C11H12O8S2/c1-5-9(21(17,18)19)3-6-2-7(20(14,15)16)4-8(12)10(6)11(5)13/h2-4,12-13,17-19H,1H3,(H,14,15,16). The fourth-order valence-electron chi connectivity index (χ4n) is 1.98. The zero-order chi connectivity index (χ0) is 16.2. The number of fused-ring (bicyclic) bond motifs is 1. The van der Waals surface area contributed by atoms with Crippen molar-refractivity contribution in [1.29, 1.82) is 0 Å². The summed E-state index contributed by atoms with van der Waals surface area (Å²) in [5, 5.41) is 19.5. The summed E-state index contributed by atoms with van der Waals surface area (Å²) in [6.45, 7) is 1.28. The summed E-state index contributed by atoms with van der Waals surface area (Å²) < 4.78 is 59.1. The van der Waals surface area contributed by atoms with Crippen LogP contribution in [0.2, 0.25) is 0 Å². The predicted octanol–water partition coefficient (Wildman–Crippen LogP) is 2.39. The lowest BCUT2D eigenvalue weighted by Crippen LogP contribution is -2.01. The molecule has 0 aliphatic rings. The number of phenolic OH excluding ortho intramolecular Hbond substituents is 2. The fourth-order valence-corrected chi connectivity index (χ4v) is 3.31. The molecule has 0 saturated carbocycles. The summed E-state index contributed by atoms with van der Waals surface area (Å²) >= 11 is 0. The van der Waals surface area contributed by atoms with E-state index in [1.807, 2.05) is 0 Å². The lowest BCUT2D eigenvalue weighted by atomic mass is 10.1. The van der Waals surface area contributed by atoms with E-state index in [-0.39, 0.29) is 16.3 Å². The van der Waals surface area contributed by atoms with Crippen LogP contribution in [0.25, 0.3) is 10.8 Å². The minimum Gasteiger partial charge on any atom is -0.507 e. The van der Waals surface area contributed by atoms with Crippen LogP contribution in [-0.4, -0.2) is 36.8 Å². The molecule has 21 heavy (non-hydrogen) atoms. The van der Waals surface area contributed by atoms with Gasteiger partial charge in [-0.1, -0.05) is 0 Å². The van der Waals surface area contributed by atoms with Crippen molar-refractivity contribution >= 4 is 31.8 Å². The molecule has 0 radical (unpaired) electrons. The minimum absolute atomic E-state index is 0.0834. The molecule has 8 nitrogen and oxygen atoms in total. The molecule has 2 aromatic rings. The van der Waals surface area contributed by atoms with E-state index in [1.54, 1.807) is 0 Å². The SMILES string of the molecule is Cc1c(S(O)(O)O)cc2cc(S(=O)(=O)O)cc(O)c2c1O. The second kappa shape index (κ2) is 4.73. The van der Waals surface area contributed by atoms with Crippen molar-refractivity contribution in [1.82, 2.24) is 0 Å². The lowest BCUT2D eigenvalue weighted by molar-refractivity contribution is 0.374. The molecule has 0 spiro atoms. The average molecular weight is 336 g/mol. The number of aromatic hydroxyl groups is 2. The van der Waals surface area contributed by atoms with Gasteiger partial charge in [-0.2, -0.15) is 8.42 Å². The normalized spacial score (nSPS) is 13.6. The molecular weight excluding hydrogens is 324 g/mol. The highest BCUT2D eigenvalue weighted by atomic mass is 32.3. The Bertz CT molecular complexity index is 836. The highest BCUT2D eigenvalue weighted by Crippen LogP contribution is 2.50. The molecule has 0 aliphatic carbocycles. The average Bonchev–Trinajstić information content (AvgIpc) is 2.30. The van der Waals surface area contributed by atoms with Gasteiger partial charge in [0.05, 0.1) is 15.2 Å². The summed E-state index contributed by atoms with van der Waals surface area (Å²) in [7, 11) is -8.77. The van der Waals surface area contributed by atoms with Crippen LogP contribution in [0.4, 0.5) is 0 Å². The molecule has 0 saturated heterocycles. The van der Waals surface area contributed by atoms with Crippen molar-refractivity contribution in [2.24, 2.45) is 0 Å². The first-order valence-electron chi connectivity index (χ1n) is 5.40. The fraction of sp³-hybridized carbons (Fsp3) is 0.0909. The van der Waals surface area contributed by atoms with Crippen LogP contribution < -0.4 is 0 Å². The summed E-state index contributed by atoms with van der Waals surface area (Å²) in [6.07, 6.45) is 0. The third kappa shape index (κ3) is 2.77. The third-order valence-electron chi connectivity index (χ3n) is 2.96. The monoisotopic (exact) mass is 336 g/mol. The van der Waals surface area contributed by atoms with Gasteiger partial charge in [-0.05, 0) is 24.4 Å². The number of hydrogen-bond donors (Lipinski definition) is 6. The Labute approximate surface area is 121 Å². The molecule has 0 unspecified atom stereocenters. The number of hydrogen-bond acceptors (Lipinski definition) is 7. The summed E-state index contributed by atoms with van der Waals surface area (Å²) in [5.74, 6) is -1.17. The Hall–Kier alpha value is -1.56. The maximum Gasteiger partial charge on any atom is 0.294 e. The highest BCUT2D eigenvalue weighted by Gasteiger charge is 2.24. The smallest absolute Gasteiger partial charge is 0.294 e. The van der Waals surface area contributed by atoms with Crippen molar-refractivity contribution in [2.45, 2.75) is 16.7 Å². The summed E-state index contributed by atoms with van der Waals surface area (Å²) in [5.41, 5.74) is -0.0834. The first-order valence-corrected chi connectivity index (χ1v) is 8.34. The topological polar surface area (TPSA) is 156 Å². The number of phenols is 2. The molecule has 0 aromatic heterocycles. The Morgan fingerprint density at radius 1 is 0.952 bits per heavy atom. The van der Waals surface area contributed by atoms with Crippen LogP contribution in [0, 0.1) is 6.92 Å². The van der Waals surface area contributed by atoms with Crippen molar-refractivity contribution in [3.63, 3.8) is 0 Å². The van der Waals surface area contributed by atoms with Crippen LogP contribution in [0.1, 0.15) is 5.56 Å². The van der Waals surface area contributed by atoms with Crippen molar-refractivity contribution in [2.75, 3.05) is 0 Å². The van der Waals surface area contributed by atoms with E-state index in [0.29, 0.717) is 0 Å². The molecule has 0 amide bonds. The Morgan fingerprint density at radius 2 is 1.52 bits per heavy atom. The van der Waals surface area contributed by atoms with Gasteiger partial charge in [-0.15, -0.1) is 0 Å². The molecular formula is C11H12O8S2. The summed E-state index contributed by atoms with van der Waals surface area (Å²) in [4.78, 5) is -1.06. The predicted molar refractivity (Wildman–Crippen MR) is 75.6 cm³/mol. The van der Waals surface area contributed by atoms with Gasteiger partial charge in [0.15, 0.2) is 0 Å². The third-order valence-corrected chi connectivity index (χ3v) is 4.81. The maximum absolute atomic E-state index is 11.1. The van der Waals surface area contributed by atoms with E-state index in [0.717, 1.165) is 18.2 Å². The molecule has 10 heteroatoms. The lowest BCUT2D eigenvalue weighted by Gasteiger charge is -2.23. The Morgan fingerprint density at radius 3 is 2.00 bits per heavy atom. The van der Waals surface area contributed by atoms with Crippen LogP contribution in [0.3, 0.4) is 0 Å². The maximum atomic E-state index is 11.1. The van der Waals surface area contributed by atoms with Gasteiger partial charge in [0, 0.05) is 11.6 Å². The van der Waals surface area contributed by atoms with Gasteiger partial charge in [0.2, 0.25) is 0 Å². The summed E-state index contributed by atoms with van der Waals surface area (Å²) in [6, 6.07) is 2.67. The van der Waals surface area contributed by atoms with Crippen molar-refractivity contribution in [3.05, 3.63) is 23.8 Å². The van der Waals surface area contributed by atoms with Crippen LogP contribution in [0.5, 0.6) is 11.5 Å². The van der Waals surface area contributed by atoms with E-state index < -0.39 is 42.3 Å². The Balaban J connectivity index is 2.96. The number of benzene rings is 2. The van der Waals surface area contributed by atoms with Crippen LogP contribution in [-0.2, 0) is 10.1 Å². The van der Waals surface area contributed by atoms with E-state index in [1.165, 1.54) is 6.92 Å². The van der Waals surface area contributed by atoms with Crippen LogP contribution in [0.15, 0.2) is 28.0 Å². The van der Waals surface area contributed by atoms with E-state index >= 15 is 0 Å². The van der Waals surface area contributed by atoms with Gasteiger partial charge in [0.1, 0.15) is 22.4 Å². The minimum atomic E-state index is -4.61. The molecule has 2 rings (SSSR count). The van der Waals surface area contributed by atoms with Gasteiger partial charge in [0.25, 0.3) is 10.1 Å². The molecule has 0 atom stereocenters. The first kappa shape index (κ1) is 15.8. The second-order valence-corrected chi connectivity index (χ2v) is 7.28. The number of rotatable bonds is 2. The van der Waals surface area contributed by atoms with E-state index in [4.69, 9.17) is 4.55 Å². The molecule has 116 valence electrons. The largest absolute Gasteiger partial charge is 0.507 e. The molecule has 0 bridgehead atoms. The quantitative estimate of drug-likeness (QED) is 0.457. The molecule has 2 aromatic carbocycles. The second-order valence-electron chi connectivity index (χ2n) is 4.38. The van der Waals surface area contributed by atoms with Gasteiger partial charge >= 0.3 is 0 Å². The first-order chi connectivity index (χ1) is 9.43. The van der Waals surface area contributed by atoms with Crippen molar-refractivity contribution < 1.29 is 36.8 Å². The van der Waals surface area contributed by atoms with Gasteiger partial charge < -0.3 is 23.9 Å². The van der Waals surface area contributed by atoms with Crippen molar-refractivity contribution in [3.8, 4) is 11.5 Å².